The number of hydrogen-bond donors (Lipinski definition) is 2. The first-order chi connectivity index (χ1) is 23.4. The minimum atomic E-state index is -0.741. The standard InChI is InChI=1S/C22H32O2.C20H25N3O/c1-2-3-4-5-6-7-8-9-10-11-12-13-14-15-16-17-18-19-20-21-22(23)24;1-4-23(5-2)20(24)14-9-16-15-7-6-8-17-19(15)13(11-21-17)10-18(16)22(3)12-14/h3-4,6-7,9-10,12-13,15-16,18-19H,2,5,8,11,14,17,20-21H2,1H3,(H,23,24);6-9,11,14,18,21H,4-5,10,12H2,1-3H3/b4-3-,7-6-,10-9-,13-12-,16-15-,19-18-;/t;14-,18-/m.1/s1. The summed E-state index contributed by atoms with van der Waals surface area (Å²) in [5.41, 5.74) is 5.21. The molecule has 2 aromatic rings. The maximum Gasteiger partial charge on any atom is 0.303 e. The molecule has 1 aromatic heterocycles. The van der Waals surface area contributed by atoms with Crippen molar-refractivity contribution >= 4 is 28.4 Å². The molecule has 48 heavy (non-hydrogen) atoms. The van der Waals surface area contributed by atoms with Crippen molar-refractivity contribution in [1.29, 1.82) is 0 Å². The van der Waals surface area contributed by atoms with E-state index in [-0.39, 0.29) is 18.2 Å². The number of carbonyl (C=O) groups excluding carboxylic acids is 1. The van der Waals surface area contributed by atoms with Gasteiger partial charge in [0.25, 0.3) is 0 Å². The van der Waals surface area contributed by atoms with Gasteiger partial charge in [0.1, 0.15) is 0 Å². The highest BCUT2D eigenvalue weighted by Crippen LogP contribution is 2.40. The number of carboxylic acid groups (broad SMARTS) is 1. The average Bonchev–Trinajstić information content (AvgIpc) is 3.51. The highest BCUT2D eigenvalue weighted by molar-refractivity contribution is 5.99. The highest BCUT2D eigenvalue weighted by Gasteiger charge is 2.36. The molecule has 4 rings (SSSR count). The van der Waals surface area contributed by atoms with Crippen molar-refractivity contribution in [2.24, 2.45) is 5.92 Å². The Morgan fingerprint density at radius 1 is 0.854 bits per heavy atom. The predicted molar refractivity (Wildman–Crippen MR) is 203 cm³/mol. The SMILES string of the molecule is CC/C=C\C/C=C\C/C=C\C/C=C\C/C=C\C/C=C\CCC(=O)O.CCN(CC)C(=O)[C@@H]1C=C2c3cccc4[nH]cc(c34)C[C@H]2N(C)C1. The fourth-order valence-corrected chi connectivity index (χ4v) is 6.22. The molecular formula is C42H57N3O3. The van der Waals surface area contributed by atoms with Crippen molar-refractivity contribution in [3.05, 3.63) is 115 Å². The molecule has 1 aliphatic carbocycles. The predicted octanol–water partition coefficient (Wildman–Crippen LogP) is 9.45. The van der Waals surface area contributed by atoms with Crippen LogP contribution in [0.15, 0.2) is 103 Å². The number of H-pyrrole nitrogens is 1. The monoisotopic (exact) mass is 651 g/mol. The van der Waals surface area contributed by atoms with E-state index in [0.717, 1.165) is 64.6 Å². The van der Waals surface area contributed by atoms with Gasteiger partial charge in [0.2, 0.25) is 5.91 Å². The Kier molecular flexibility index (Phi) is 17.3. The number of carboxylic acids is 1. The second kappa shape index (κ2) is 21.7. The number of fused-ring (bicyclic) bond motifs is 2. The Morgan fingerprint density at radius 2 is 1.42 bits per heavy atom. The number of benzene rings is 1. The molecule has 6 nitrogen and oxygen atoms in total. The van der Waals surface area contributed by atoms with Gasteiger partial charge in [-0.25, -0.2) is 0 Å². The number of aromatic amines is 1. The summed E-state index contributed by atoms with van der Waals surface area (Å²) in [5.74, 6) is -0.531. The number of rotatable bonds is 17. The van der Waals surface area contributed by atoms with E-state index < -0.39 is 5.97 Å². The van der Waals surface area contributed by atoms with Gasteiger partial charge in [-0.3, -0.25) is 14.5 Å². The van der Waals surface area contributed by atoms with Crippen molar-refractivity contribution in [1.82, 2.24) is 14.8 Å². The van der Waals surface area contributed by atoms with Gasteiger partial charge in [-0.05, 0) is 95.0 Å². The molecule has 2 atom stereocenters. The van der Waals surface area contributed by atoms with Crippen LogP contribution in [0, 0.1) is 5.92 Å². The lowest BCUT2D eigenvalue weighted by molar-refractivity contribution is -0.137. The Bertz CT molecular complexity index is 1500. The third-order valence-corrected chi connectivity index (χ3v) is 8.78. The minimum Gasteiger partial charge on any atom is -0.481 e. The number of hydrogen-bond acceptors (Lipinski definition) is 3. The smallest absolute Gasteiger partial charge is 0.303 e. The van der Waals surface area contributed by atoms with E-state index in [1.807, 2.05) is 17.1 Å². The van der Waals surface area contributed by atoms with Crippen LogP contribution in [0.1, 0.15) is 83.3 Å². The Balaban J connectivity index is 0.000000260. The van der Waals surface area contributed by atoms with Crippen LogP contribution in [0.2, 0.25) is 0 Å². The summed E-state index contributed by atoms with van der Waals surface area (Å²) in [7, 11) is 2.15. The van der Waals surface area contributed by atoms with Gasteiger partial charge in [-0.15, -0.1) is 0 Å². The van der Waals surface area contributed by atoms with Gasteiger partial charge in [0, 0.05) is 49.2 Å². The zero-order valence-electron chi connectivity index (χ0n) is 29.6. The fraction of sp³-hybridized carbons (Fsp3) is 0.429. The molecule has 0 saturated carbocycles. The molecule has 6 heteroatoms. The normalized spacial score (nSPS) is 18.0. The molecule has 258 valence electrons. The van der Waals surface area contributed by atoms with Gasteiger partial charge in [0.05, 0.1) is 5.92 Å². The molecule has 1 amide bonds. The number of nitrogens with one attached hydrogen (secondary N) is 1. The largest absolute Gasteiger partial charge is 0.481 e. The third-order valence-electron chi connectivity index (χ3n) is 8.78. The van der Waals surface area contributed by atoms with E-state index in [0.29, 0.717) is 12.5 Å². The number of aromatic nitrogens is 1. The van der Waals surface area contributed by atoms with Crippen molar-refractivity contribution in [2.75, 3.05) is 26.7 Å². The van der Waals surface area contributed by atoms with Gasteiger partial charge in [-0.2, -0.15) is 0 Å². The van der Waals surface area contributed by atoms with Crippen LogP contribution in [0.5, 0.6) is 0 Å². The fourth-order valence-electron chi connectivity index (χ4n) is 6.22. The van der Waals surface area contributed by atoms with Crippen molar-refractivity contribution < 1.29 is 14.7 Å². The molecule has 2 heterocycles. The zero-order valence-corrected chi connectivity index (χ0v) is 29.6. The van der Waals surface area contributed by atoms with Crippen LogP contribution in [-0.4, -0.2) is 64.5 Å². The molecule has 1 aliphatic heterocycles. The first-order valence-corrected chi connectivity index (χ1v) is 17.8. The molecule has 0 saturated heterocycles. The van der Waals surface area contributed by atoms with Crippen molar-refractivity contribution in [2.45, 2.75) is 84.6 Å². The lowest BCUT2D eigenvalue weighted by atomic mass is 9.79. The minimum absolute atomic E-state index is 0.0445. The Labute approximate surface area is 289 Å². The first-order valence-electron chi connectivity index (χ1n) is 17.8. The molecule has 0 radical (unpaired) electrons. The molecule has 2 aliphatic rings. The molecule has 2 N–H and O–H groups in total. The molecule has 0 fully saturated rings. The van der Waals surface area contributed by atoms with Crippen LogP contribution in [0.25, 0.3) is 16.5 Å². The Hall–Kier alpha value is -4.16. The van der Waals surface area contributed by atoms with Gasteiger partial charge in [0.15, 0.2) is 0 Å². The second-order valence-electron chi connectivity index (χ2n) is 12.3. The maximum absolute atomic E-state index is 12.9. The number of allylic oxidation sites excluding steroid dienone is 12. The van der Waals surface area contributed by atoms with E-state index in [1.54, 1.807) is 0 Å². The van der Waals surface area contributed by atoms with Crippen LogP contribution < -0.4 is 0 Å². The summed E-state index contributed by atoms with van der Waals surface area (Å²) in [6.45, 7) is 8.61. The second-order valence-corrected chi connectivity index (χ2v) is 12.3. The van der Waals surface area contributed by atoms with Gasteiger partial charge in [-0.1, -0.05) is 98.0 Å². The number of likely N-dealkylation sites (N-methyl/N-ethyl adjacent to an activating group) is 1. The van der Waals surface area contributed by atoms with Crippen LogP contribution in [-0.2, 0) is 16.0 Å². The first kappa shape index (κ1) is 38.3. The van der Waals surface area contributed by atoms with E-state index in [2.05, 4.69) is 129 Å². The summed E-state index contributed by atoms with van der Waals surface area (Å²) in [4.78, 5) is 30.9. The topological polar surface area (TPSA) is 76.6 Å². The molecule has 1 aromatic carbocycles. The summed E-state index contributed by atoms with van der Waals surface area (Å²) in [6, 6.07) is 6.82. The summed E-state index contributed by atoms with van der Waals surface area (Å²) in [5, 5.41) is 9.83. The highest BCUT2D eigenvalue weighted by atomic mass is 16.4. The van der Waals surface area contributed by atoms with E-state index in [4.69, 9.17) is 5.11 Å². The Morgan fingerprint density at radius 3 is 1.96 bits per heavy atom. The molecular weight excluding hydrogens is 594 g/mol. The molecule has 0 unspecified atom stereocenters. The number of aliphatic carboxylic acids is 1. The summed E-state index contributed by atoms with van der Waals surface area (Å²) in [6.07, 6.45) is 37.9. The van der Waals surface area contributed by atoms with Crippen LogP contribution >= 0.6 is 0 Å². The summed E-state index contributed by atoms with van der Waals surface area (Å²) >= 11 is 0. The maximum atomic E-state index is 12.9. The third kappa shape index (κ3) is 12.1. The van der Waals surface area contributed by atoms with Gasteiger partial charge < -0.3 is 15.0 Å². The zero-order chi connectivity index (χ0) is 34.6. The molecule has 0 spiro atoms. The lowest BCUT2D eigenvalue weighted by Crippen LogP contribution is -2.47. The van der Waals surface area contributed by atoms with Crippen LogP contribution in [0.4, 0.5) is 0 Å². The average molecular weight is 652 g/mol. The quantitative estimate of drug-likeness (QED) is 0.167. The number of amides is 1. The van der Waals surface area contributed by atoms with E-state index in [1.165, 1.54) is 27.6 Å². The number of nitrogens with zero attached hydrogens (tertiary/aromatic N) is 2. The van der Waals surface area contributed by atoms with E-state index in [9.17, 15) is 9.59 Å². The van der Waals surface area contributed by atoms with Crippen molar-refractivity contribution in [3.63, 3.8) is 0 Å². The lowest BCUT2D eigenvalue weighted by Gasteiger charge is -2.40. The van der Waals surface area contributed by atoms with Crippen LogP contribution in [0.3, 0.4) is 0 Å². The summed E-state index contributed by atoms with van der Waals surface area (Å²) < 4.78 is 0. The van der Waals surface area contributed by atoms with E-state index >= 15 is 0 Å². The molecule has 0 bridgehead atoms. The van der Waals surface area contributed by atoms with Gasteiger partial charge >= 0.3 is 5.97 Å². The number of carbonyl (C=O) groups is 2. The van der Waals surface area contributed by atoms with Crippen molar-refractivity contribution in [3.8, 4) is 0 Å².